The van der Waals surface area contributed by atoms with E-state index in [0.29, 0.717) is 0 Å². The van der Waals surface area contributed by atoms with Gasteiger partial charge < -0.3 is 15.5 Å². The molecule has 1 aliphatic heterocycles. The Hall–Kier alpha value is -1.68. The van der Waals surface area contributed by atoms with Gasteiger partial charge in [-0.2, -0.15) is 4.31 Å². The SMILES string of the molecule is CN1C(=O)CN(S(C)(=O)=O)C[C@@]1(C)C(=O)NCC(=O)NC1CCCCCC1. The molecule has 0 aromatic rings. The molecule has 0 unspecified atom stereocenters. The molecule has 0 aromatic heterocycles. The number of hydrogen-bond donors (Lipinski definition) is 2. The molecule has 1 heterocycles. The molecule has 0 radical (unpaired) electrons. The van der Waals surface area contributed by atoms with Gasteiger partial charge in [0.1, 0.15) is 5.54 Å². The number of nitrogens with one attached hydrogen (secondary N) is 2. The second kappa shape index (κ2) is 8.55. The summed E-state index contributed by atoms with van der Waals surface area (Å²) in [5, 5.41) is 5.50. The molecular formula is C17H30N4O5S. The Bertz CT molecular complexity index is 687. The molecule has 10 heteroatoms. The molecule has 154 valence electrons. The maximum atomic E-state index is 12.7. The number of sulfonamides is 1. The lowest BCUT2D eigenvalue weighted by Gasteiger charge is -2.44. The first-order chi connectivity index (χ1) is 12.5. The first-order valence-corrected chi connectivity index (χ1v) is 11.2. The van der Waals surface area contributed by atoms with Crippen LogP contribution in [0.15, 0.2) is 0 Å². The fourth-order valence-corrected chi connectivity index (χ4v) is 4.38. The van der Waals surface area contributed by atoms with Gasteiger partial charge in [0.15, 0.2) is 0 Å². The fraction of sp³-hybridized carbons (Fsp3) is 0.824. The Kier molecular flexibility index (Phi) is 6.85. The van der Waals surface area contributed by atoms with Crippen molar-refractivity contribution in [3.8, 4) is 0 Å². The predicted molar refractivity (Wildman–Crippen MR) is 100 cm³/mol. The van der Waals surface area contributed by atoms with E-state index >= 15 is 0 Å². The lowest BCUT2D eigenvalue weighted by molar-refractivity contribution is -0.150. The molecule has 0 spiro atoms. The maximum Gasteiger partial charge on any atom is 0.247 e. The lowest BCUT2D eigenvalue weighted by Crippen LogP contribution is -2.68. The molecule has 1 aliphatic carbocycles. The molecule has 1 atom stereocenters. The van der Waals surface area contributed by atoms with Crippen molar-refractivity contribution in [3.63, 3.8) is 0 Å². The number of piperazine rings is 1. The van der Waals surface area contributed by atoms with E-state index in [1.807, 2.05) is 0 Å². The van der Waals surface area contributed by atoms with Gasteiger partial charge in [0.2, 0.25) is 27.7 Å². The number of likely N-dealkylation sites (N-methyl/N-ethyl adjacent to an activating group) is 1. The van der Waals surface area contributed by atoms with Crippen LogP contribution in [0, 0.1) is 0 Å². The lowest BCUT2D eigenvalue weighted by atomic mass is 9.96. The number of rotatable bonds is 5. The monoisotopic (exact) mass is 402 g/mol. The van der Waals surface area contributed by atoms with Crippen molar-refractivity contribution >= 4 is 27.7 Å². The van der Waals surface area contributed by atoms with E-state index in [1.54, 1.807) is 0 Å². The average molecular weight is 403 g/mol. The number of amides is 3. The molecule has 2 N–H and O–H groups in total. The Balaban J connectivity index is 1.96. The molecule has 1 saturated heterocycles. The largest absolute Gasteiger partial charge is 0.352 e. The van der Waals surface area contributed by atoms with Crippen LogP contribution in [0.5, 0.6) is 0 Å². The molecule has 1 saturated carbocycles. The van der Waals surface area contributed by atoms with Gasteiger partial charge >= 0.3 is 0 Å². The Morgan fingerprint density at radius 1 is 1.19 bits per heavy atom. The molecule has 2 aliphatic rings. The van der Waals surface area contributed by atoms with Crippen molar-refractivity contribution in [1.29, 1.82) is 0 Å². The molecule has 0 aromatic carbocycles. The van der Waals surface area contributed by atoms with E-state index in [9.17, 15) is 22.8 Å². The average Bonchev–Trinajstić information content (AvgIpc) is 2.84. The highest BCUT2D eigenvalue weighted by Crippen LogP contribution is 2.23. The van der Waals surface area contributed by atoms with Crippen molar-refractivity contribution in [2.75, 3.05) is 32.9 Å². The van der Waals surface area contributed by atoms with Gasteiger partial charge in [-0.15, -0.1) is 0 Å². The summed E-state index contributed by atoms with van der Waals surface area (Å²) in [5.74, 6) is -1.29. The van der Waals surface area contributed by atoms with Crippen LogP contribution in [0.25, 0.3) is 0 Å². The third kappa shape index (κ3) is 5.41. The van der Waals surface area contributed by atoms with E-state index < -0.39 is 27.4 Å². The highest BCUT2D eigenvalue weighted by atomic mass is 32.2. The van der Waals surface area contributed by atoms with Gasteiger partial charge in [0, 0.05) is 19.6 Å². The highest BCUT2D eigenvalue weighted by molar-refractivity contribution is 7.88. The minimum Gasteiger partial charge on any atom is -0.352 e. The van der Waals surface area contributed by atoms with Crippen LogP contribution in [0.2, 0.25) is 0 Å². The van der Waals surface area contributed by atoms with Crippen LogP contribution in [0.1, 0.15) is 45.4 Å². The van der Waals surface area contributed by atoms with E-state index in [1.165, 1.54) is 31.7 Å². The zero-order valence-electron chi connectivity index (χ0n) is 16.3. The smallest absolute Gasteiger partial charge is 0.247 e. The highest BCUT2D eigenvalue weighted by Gasteiger charge is 2.47. The van der Waals surface area contributed by atoms with Crippen molar-refractivity contribution < 1.29 is 22.8 Å². The van der Waals surface area contributed by atoms with E-state index in [0.717, 1.165) is 36.2 Å². The summed E-state index contributed by atoms with van der Waals surface area (Å²) in [6.07, 6.45) is 7.42. The van der Waals surface area contributed by atoms with Crippen molar-refractivity contribution in [2.45, 2.75) is 57.0 Å². The first-order valence-electron chi connectivity index (χ1n) is 9.33. The van der Waals surface area contributed by atoms with E-state index in [-0.39, 0.29) is 31.6 Å². The summed E-state index contributed by atoms with van der Waals surface area (Å²) < 4.78 is 24.6. The molecule has 2 fully saturated rings. The standard InChI is InChI=1S/C17H30N4O5S/c1-17(12-21(27(3,25)26)11-15(23)20(17)2)16(24)18-10-14(22)19-13-8-6-4-5-7-9-13/h13H,4-12H2,1-3H3,(H,18,24)(H,19,22)/t17-/m0/s1. The molecular weight excluding hydrogens is 372 g/mol. The third-order valence-electron chi connectivity index (χ3n) is 5.50. The van der Waals surface area contributed by atoms with Crippen molar-refractivity contribution in [2.24, 2.45) is 0 Å². The van der Waals surface area contributed by atoms with Gasteiger partial charge in [-0.05, 0) is 19.8 Å². The summed E-state index contributed by atoms with van der Waals surface area (Å²) in [5.41, 5.74) is -1.37. The van der Waals surface area contributed by atoms with Gasteiger partial charge in [-0.25, -0.2) is 8.42 Å². The molecule has 0 bridgehead atoms. The van der Waals surface area contributed by atoms with Gasteiger partial charge in [0.25, 0.3) is 0 Å². The fourth-order valence-electron chi connectivity index (χ4n) is 3.55. The van der Waals surface area contributed by atoms with Gasteiger partial charge in [-0.3, -0.25) is 14.4 Å². The van der Waals surface area contributed by atoms with Crippen molar-refractivity contribution in [1.82, 2.24) is 19.8 Å². The van der Waals surface area contributed by atoms with E-state index in [2.05, 4.69) is 10.6 Å². The van der Waals surface area contributed by atoms with Crippen LogP contribution in [0.3, 0.4) is 0 Å². The van der Waals surface area contributed by atoms with E-state index in [4.69, 9.17) is 0 Å². The van der Waals surface area contributed by atoms with Crippen LogP contribution >= 0.6 is 0 Å². The molecule has 2 rings (SSSR count). The summed E-state index contributed by atoms with van der Waals surface area (Å²) in [6.45, 7) is 0.858. The molecule has 27 heavy (non-hydrogen) atoms. The number of carbonyl (C=O) groups excluding carboxylic acids is 3. The Labute approximate surface area is 160 Å². The van der Waals surface area contributed by atoms with Crippen LogP contribution < -0.4 is 10.6 Å². The van der Waals surface area contributed by atoms with Gasteiger partial charge in [0.05, 0.1) is 19.3 Å². The minimum absolute atomic E-state index is 0.132. The minimum atomic E-state index is -3.61. The third-order valence-corrected chi connectivity index (χ3v) is 6.69. The molecule has 3 amide bonds. The Morgan fingerprint density at radius 2 is 1.78 bits per heavy atom. The second-order valence-electron chi connectivity index (χ2n) is 7.70. The van der Waals surface area contributed by atoms with Crippen LogP contribution in [-0.4, -0.2) is 79.9 Å². The maximum absolute atomic E-state index is 12.7. The van der Waals surface area contributed by atoms with Gasteiger partial charge in [-0.1, -0.05) is 25.7 Å². The predicted octanol–water partition coefficient (Wildman–Crippen LogP) is -0.566. The number of carbonyl (C=O) groups is 3. The summed E-state index contributed by atoms with van der Waals surface area (Å²) in [6, 6.07) is 0.132. The second-order valence-corrected chi connectivity index (χ2v) is 9.68. The molecule has 9 nitrogen and oxygen atoms in total. The zero-order chi connectivity index (χ0) is 20.2. The normalized spacial score (nSPS) is 25.7. The van der Waals surface area contributed by atoms with Crippen LogP contribution in [0.4, 0.5) is 0 Å². The summed E-state index contributed by atoms with van der Waals surface area (Å²) in [4.78, 5) is 38.3. The number of hydrogen-bond acceptors (Lipinski definition) is 5. The Morgan fingerprint density at radius 3 is 2.33 bits per heavy atom. The summed E-state index contributed by atoms with van der Waals surface area (Å²) in [7, 11) is -2.15. The quantitative estimate of drug-likeness (QED) is 0.598. The summed E-state index contributed by atoms with van der Waals surface area (Å²) >= 11 is 0. The zero-order valence-corrected chi connectivity index (χ0v) is 17.1. The number of nitrogens with zero attached hydrogens (tertiary/aromatic N) is 2. The van der Waals surface area contributed by atoms with Crippen molar-refractivity contribution in [3.05, 3.63) is 0 Å². The van der Waals surface area contributed by atoms with Crippen LogP contribution in [-0.2, 0) is 24.4 Å². The topological polar surface area (TPSA) is 116 Å². The first kappa shape index (κ1) is 21.6.